The lowest BCUT2D eigenvalue weighted by molar-refractivity contribution is -0.137. The molecule has 30 heavy (non-hydrogen) atoms. The van der Waals surface area contributed by atoms with Crippen LogP contribution >= 0.6 is 0 Å². The minimum atomic E-state index is -4.48. The van der Waals surface area contributed by atoms with Crippen molar-refractivity contribution in [1.29, 1.82) is 0 Å². The molecule has 3 aromatic rings. The Labute approximate surface area is 166 Å². The second kappa shape index (κ2) is 6.78. The Balaban J connectivity index is 1.78. The normalized spacial score (nSPS) is 14.8. The van der Waals surface area contributed by atoms with Gasteiger partial charge >= 0.3 is 6.18 Å². The number of fused-ring (bicyclic) bond motifs is 1. The van der Waals surface area contributed by atoms with Crippen LogP contribution in [0.3, 0.4) is 0 Å². The van der Waals surface area contributed by atoms with E-state index < -0.39 is 35.1 Å². The van der Waals surface area contributed by atoms with Gasteiger partial charge in [-0.3, -0.25) is 14.3 Å². The summed E-state index contributed by atoms with van der Waals surface area (Å²) in [5.74, 6) is -1.92. The van der Waals surface area contributed by atoms with Gasteiger partial charge in [0, 0.05) is 25.7 Å². The lowest BCUT2D eigenvalue weighted by atomic mass is 10.1. The first-order valence-corrected chi connectivity index (χ1v) is 8.83. The summed E-state index contributed by atoms with van der Waals surface area (Å²) in [6.45, 7) is 3.20. The van der Waals surface area contributed by atoms with Crippen molar-refractivity contribution in [2.45, 2.75) is 12.2 Å². The Hall–Kier alpha value is -3.50. The molecule has 1 aromatic carbocycles. The van der Waals surface area contributed by atoms with Crippen LogP contribution < -0.4 is 5.56 Å². The quantitative estimate of drug-likeness (QED) is 0.482. The molecule has 0 bridgehead atoms. The number of nitrogens with zero attached hydrogens (tertiary/aromatic N) is 5. The second-order valence-corrected chi connectivity index (χ2v) is 6.99. The molecule has 1 aliphatic heterocycles. The van der Waals surface area contributed by atoms with E-state index in [1.54, 1.807) is 0 Å². The van der Waals surface area contributed by atoms with E-state index in [-0.39, 0.29) is 29.8 Å². The number of likely N-dealkylation sites (tertiary alicyclic amines) is 1. The first kappa shape index (κ1) is 19.8. The Morgan fingerprint density at radius 3 is 2.40 bits per heavy atom. The van der Waals surface area contributed by atoms with Gasteiger partial charge in [0.05, 0.1) is 17.9 Å². The molecule has 0 spiro atoms. The molecule has 11 heteroatoms. The fraction of sp³-hybridized carbons (Fsp3) is 0.263. The van der Waals surface area contributed by atoms with Gasteiger partial charge in [-0.1, -0.05) is 18.7 Å². The summed E-state index contributed by atoms with van der Waals surface area (Å²) >= 11 is 0. The van der Waals surface area contributed by atoms with Crippen LogP contribution in [0.2, 0.25) is 0 Å². The minimum Gasteiger partial charge on any atom is -0.332 e. The lowest BCUT2D eigenvalue weighted by Gasteiger charge is -2.38. The molecular weight excluding hydrogens is 406 g/mol. The van der Waals surface area contributed by atoms with E-state index in [4.69, 9.17) is 0 Å². The molecule has 0 N–H and O–H groups in total. The standard InChI is InChI=1S/C19H15F4N5O2/c1-10(20)17(29)27-7-13(8-27)28-16-15(24-9-26(2)18(16)30)14(25-28)11-3-5-12(6-4-11)19(21,22)23/h3-6,9,13H,1,7-8H2,2H3. The number of halogens is 4. The van der Waals surface area contributed by atoms with Gasteiger partial charge in [-0.05, 0) is 12.1 Å². The highest BCUT2D eigenvalue weighted by molar-refractivity contribution is 5.92. The Morgan fingerprint density at radius 2 is 1.83 bits per heavy atom. The predicted molar refractivity (Wildman–Crippen MR) is 99.1 cm³/mol. The molecular formula is C19H15F4N5O2. The maximum absolute atomic E-state index is 13.1. The van der Waals surface area contributed by atoms with Gasteiger partial charge in [0.25, 0.3) is 11.5 Å². The molecule has 156 valence electrons. The number of hydrogen-bond acceptors (Lipinski definition) is 4. The third-order valence-electron chi connectivity index (χ3n) is 4.98. The molecule has 2 aromatic heterocycles. The molecule has 1 aliphatic rings. The van der Waals surface area contributed by atoms with Gasteiger partial charge in [0.2, 0.25) is 0 Å². The van der Waals surface area contributed by atoms with Gasteiger partial charge in [-0.15, -0.1) is 0 Å². The molecule has 0 unspecified atom stereocenters. The largest absolute Gasteiger partial charge is 0.416 e. The summed E-state index contributed by atoms with van der Waals surface area (Å²) in [5.41, 5.74) is -0.208. The molecule has 0 aliphatic carbocycles. The van der Waals surface area contributed by atoms with Crippen molar-refractivity contribution in [3.63, 3.8) is 0 Å². The Morgan fingerprint density at radius 1 is 1.20 bits per heavy atom. The molecule has 1 amide bonds. The summed E-state index contributed by atoms with van der Waals surface area (Å²) in [4.78, 5) is 29.8. The lowest BCUT2D eigenvalue weighted by Crippen LogP contribution is -2.51. The third-order valence-corrected chi connectivity index (χ3v) is 4.98. The zero-order valence-electron chi connectivity index (χ0n) is 15.6. The maximum Gasteiger partial charge on any atom is 0.416 e. The van der Waals surface area contributed by atoms with Crippen LogP contribution in [0, 0.1) is 0 Å². The smallest absolute Gasteiger partial charge is 0.332 e. The summed E-state index contributed by atoms with van der Waals surface area (Å²) in [6, 6.07) is 3.97. The maximum atomic E-state index is 13.1. The number of hydrogen-bond donors (Lipinski definition) is 0. The molecule has 0 saturated carbocycles. The van der Waals surface area contributed by atoms with E-state index in [2.05, 4.69) is 16.7 Å². The van der Waals surface area contributed by atoms with Crippen molar-refractivity contribution < 1.29 is 22.4 Å². The second-order valence-electron chi connectivity index (χ2n) is 6.99. The SMILES string of the molecule is C=C(F)C(=O)N1CC(n2nc(-c3ccc(C(F)(F)F)cc3)c3ncn(C)c(=O)c32)C1. The topological polar surface area (TPSA) is 73.0 Å². The molecule has 1 saturated heterocycles. The summed E-state index contributed by atoms with van der Waals surface area (Å²) < 4.78 is 54.3. The number of carbonyl (C=O) groups is 1. The van der Waals surface area contributed by atoms with Gasteiger partial charge < -0.3 is 9.47 Å². The number of aryl methyl sites for hydroxylation is 1. The first-order valence-electron chi connectivity index (χ1n) is 8.83. The summed E-state index contributed by atoms with van der Waals surface area (Å²) in [7, 11) is 1.51. The number of aromatic nitrogens is 4. The molecule has 0 radical (unpaired) electrons. The monoisotopic (exact) mass is 421 g/mol. The Kier molecular flexibility index (Phi) is 4.48. The highest BCUT2D eigenvalue weighted by Crippen LogP contribution is 2.33. The number of carbonyl (C=O) groups excluding carboxylic acids is 1. The van der Waals surface area contributed by atoms with Crippen molar-refractivity contribution >= 4 is 16.9 Å². The number of benzene rings is 1. The van der Waals surface area contributed by atoms with Crippen molar-refractivity contribution in [1.82, 2.24) is 24.2 Å². The number of amides is 1. The van der Waals surface area contributed by atoms with Crippen LogP contribution in [0.4, 0.5) is 17.6 Å². The van der Waals surface area contributed by atoms with E-state index in [1.165, 1.54) is 39.7 Å². The molecule has 7 nitrogen and oxygen atoms in total. The fourth-order valence-corrected chi connectivity index (χ4v) is 3.33. The number of alkyl halides is 3. The molecule has 1 fully saturated rings. The van der Waals surface area contributed by atoms with E-state index in [1.807, 2.05) is 0 Å². The molecule has 0 atom stereocenters. The van der Waals surface area contributed by atoms with Gasteiger partial charge in [0.15, 0.2) is 11.3 Å². The molecule has 4 rings (SSSR count). The zero-order chi connectivity index (χ0) is 21.8. The third kappa shape index (κ3) is 3.15. The highest BCUT2D eigenvalue weighted by Gasteiger charge is 2.36. The van der Waals surface area contributed by atoms with Gasteiger partial charge in [-0.2, -0.15) is 18.3 Å². The average Bonchev–Trinajstić information content (AvgIpc) is 3.02. The van der Waals surface area contributed by atoms with E-state index in [9.17, 15) is 27.2 Å². The first-order chi connectivity index (χ1) is 14.1. The highest BCUT2D eigenvalue weighted by atomic mass is 19.4. The zero-order valence-corrected chi connectivity index (χ0v) is 15.6. The van der Waals surface area contributed by atoms with Crippen LogP contribution in [-0.2, 0) is 18.0 Å². The summed E-state index contributed by atoms with van der Waals surface area (Å²) in [5, 5.41) is 4.42. The van der Waals surface area contributed by atoms with Crippen molar-refractivity contribution in [3.8, 4) is 11.3 Å². The molecule has 3 heterocycles. The van der Waals surface area contributed by atoms with Gasteiger partial charge in [-0.25, -0.2) is 9.37 Å². The van der Waals surface area contributed by atoms with Crippen LogP contribution in [0.5, 0.6) is 0 Å². The van der Waals surface area contributed by atoms with Crippen LogP contribution in [0.25, 0.3) is 22.3 Å². The van der Waals surface area contributed by atoms with Crippen molar-refractivity contribution in [3.05, 3.63) is 58.9 Å². The summed E-state index contributed by atoms with van der Waals surface area (Å²) in [6.07, 6.45) is -3.18. The van der Waals surface area contributed by atoms with Crippen molar-refractivity contribution in [2.75, 3.05) is 13.1 Å². The van der Waals surface area contributed by atoms with Crippen LogP contribution in [0.1, 0.15) is 11.6 Å². The van der Waals surface area contributed by atoms with Crippen LogP contribution in [0.15, 0.2) is 47.8 Å². The fourth-order valence-electron chi connectivity index (χ4n) is 3.33. The average molecular weight is 421 g/mol. The van der Waals surface area contributed by atoms with Crippen molar-refractivity contribution in [2.24, 2.45) is 7.05 Å². The number of rotatable bonds is 3. The van der Waals surface area contributed by atoms with E-state index in [0.29, 0.717) is 5.56 Å². The Bertz CT molecular complexity index is 1220. The minimum absolute atomic E-state index is 0.114. The van der Waals surface area contributed by atoms with E-state index >= 15 is 0 Å². The van der Waals surface area contributed by atoms with Crippen LogP contribution in [-0.4, -0.2) is 43.2 Å². The predicted octanol–water partition coefficient (Wildman–Crippen LogP) is 2.68. The van der Waals surface area contributed by atoms with E-state index in [0.717, 1.165) is 12.1 Å². The van der Waals surface area contributed by atoms with Gasteiger partial charge in [0.1, 0.15) is 11.2 Å².